The van der Waals surface area contributed by atoms with Crippen molar-refractivity contribution < 1.29 is 14.6 Å². The molecule has 0 unspecified atom stereocenters. The summed E-state index contributed by atoms with van der Waals surface area (Å²) in [6, 6.07) is 5.86. The van der Waals surface area contributed by atoms with E-state index in [1.165, 1.54) is 0 Å². The summed E-state index contributed by atoms with van der Waals surface area (Å²) < 4.78 is 10.9. The largest absolute Gasteiger partial charge is 0.486 e. The highest BCUT2D eigenvalue weighted by Crippen LogP contribution is 2.30. The molecule has 1 N–H and O–H groups in total. The van der Waals surface area contributed by atoms with Crippen molar-refractivity contribution in [2.24, 2.45) is 0 Å². The highest BCUT2D eigenvalue weighted by atomic mass is 16.6. The van der Waals surface area contributed by atoms with Crippen molar-refractivity contribution in [2.45, 2.75) is 6.54 Å². The molecule has 0 saturated carbocycles. The second kappa shape index (κ2) is 4.51. The van der Waals surface area contributed by atoms with Crippen molar-refractivity contribution in [3.8, 4) is 11.5 Å². The van der Waals surface area contributed by atoms with Gasteiger partial charge in [-0.1, -0.05) is 6.07 Å². The van der Waals surface area contributed by atoms with E-state index in [9.17, 15) is 0 Å². The van der Waals surface area contributed by atoms with Crippen LogP contribution in [-0.4, -0.2) is 37.0 Å². The van der Waals surface area contributed by atoms with E-state index in [1.807, 2.05) is 30.1 Å². The van der Waals surface area contributed by atoms with Gasteiger partial charge in [-0.25, -0.2) is 0 Å². The van der Waals surface area contributed by atoms with E-state index >= 15 is 0 Å². The van der Waals surface area contributed by atoms with Gasteiger partial charge in [0, 0.05) is 6.54 Å². The van der Waals surface area contributed by atoms with E-state index in [2.05, 4.69) is 0 Å². The average molecular weight is 209 g/mol. The molecule has 1 aliphatic rings. The monoisotopic (exact) mass is 209 g/mol. The molecule has 0 amide bonds. The Labute approximate surface area is 89.0 Å². The summed E-state index contributed by atoms with van der Waals surface area (Å²) in [6.45, 7) is 1.97. The Hall–Kier alpha value is -1.26. The molecule has 15 heavy (non-hydrogen) atoms. The fourth-order valence-electron chi connectivity index (χ4n) is 1.55. The Bertz CT molecular complexity index is 341. The lowest BCUT2D eigenvalue weighted by Crippen LogP contribution is -2.19. The van der Waals surface area contributed by atoms with Crippen LogP contribution < -0.4 is 9.47 Å². The van der Waals surface area contributed by atoms with Gasteiger partial charge in [0.05, 0.1) is 6.73 Å². The molecule has 0 aromatic heterocycles. The lowest BCUT2D eigenvalue weighted by molar-refractivity contribution is 0.126. The minimum Gasteiger partial charge on any atom is -0.486 e. The maximum Gasteiger partial charge on any atom is 0.161 e. The third kappa shape index (κ3) is 2.40. The molecule has 0 aliphatic carbocycles. The van der Waals surface area contributed by atoms with E-state index in [0.29, 0.717) is 19.8 Å². The van der Waals surface area contributed by atoms with E-state index in [-0.39, 0.29) is 6.73 Å². The van der Waals surface area contributed by atoms with Crippen LogP contribution in [0.2, 0.25) is 0 Å². The Morgan fingerprint density at radius 1 is 1.27 bits per heavy atom. The van der Waals surface area contributed by atoms with E-state index < -0.39 is 0 Å². The number of aliphatic hydroxyl groups excluding tert-OH is 1. The first-order chi connectivity index (χ1) is 7.29. The molecule has 1 aliphatic heterocycles. The maximum absolute atomic E-state index is 8.90. The molecule has 0 bridgehead atoms. The Morgan fingerprint density at radius 2 is 2.00 bits per heavy atom. The molecular formula is C11H15NO3. The van der Waals surface area contributed by atoms with Crippen molar-refractivity contribution >= 4 is 0 Å². The van der Waals surface area contributed by atoms with Gasteiger partial charge in [-0.15, -0.1) is 0 Å². The number of hydrogen-bond donors (Lipinski definition) is 1. The molecule has 0 saturated heterocycles. The van der Waals surface area contributed by atoms with Crippen molar-refractivity contribution in [3.05, 3.63) is 23.8 Å². The number of fused-ring (bicyclic) bond motifs is 1. The number of rotatable bonds is 3. The lowest BCUT2D eigenvalue weighted by Gasteiger charge is -2.20. The van der Waals surface area contributed by atoms with Gasteiger partial charge in [0.25, 0.3) is 0 Å². The molecule has 1 heterocycles. The first-order valence-corrected chi connectivity index (χ1v) is 4.97. The zero-order valence-corrected chi connectivity index (χ0v) is 8.77. The number of aliphatic hydroxyl groups is 1. The predicted molar refractivity (Wildman–Crippen MR) is 56.0 cm³/mol. The molecular weight excluding hydrogens is 194 g/mol. The van der Waals surface area contributed by atoms with Crippen LogP contribution in [0.3, 0.4) is 0 Å². The Kier molecular flexibility index (Phi) is 3.08. The van der Waals surface area contributed by atoms with Crippen molar-refractivity contribution in [2.75, 3.05) is 27.0 Å². The minimum absolute atomic E-state index is 0.0500. The lowest BCUT2D eigenvalue weighted by atomic mass is 10.2. The topological polar surface area (TPSA) is 41.9 Å². The molecule has 0 atom stereocenters. The number of ether oxygens (including phenoxy) is 2. The number of hydrogen-bond acceptors (Lipinski definition) is 4. The molecule has 4 nitrogen and oxygen atoms in total. The molecule has 1 aromatic rings. The quantitative estimate of drug-likeness (QED) is 0.749. The third-order valence-corrected chi connectivity index (χ3v) is 2.30. The van der Waals surface area contributed by atoms with Gasteiger partial charge in [-0.05, 0) is 24.7 Å². The van der Waals surface area contributed by atoms with E-state index in [4.69, 9.17) is 14.6 Å². The fourth-order valence-corrected chi connectivity index (χ4v) is 1.55. The second-order valence-electron chi connectivity index (χ2n) is 3.63. The van der Waals surface area contributed by atoms with Crippen LogP contribution in [0.25, 0.3) is 0 Å². The summed E-state index contributed by atoms with van der Waals surface area (Å²) in [7, 11) is 1.86. The second-order valence-corrected chi connectivity index (χ2v) is 3.63. The average Bonchev–Trinajstić information content (AvgIpc) is 2.29. The highest BCUT2D eigenvalue weighted by Gasteiger charge is 2.11. The first-order valence-electron chi connectivity index (χ1n) is 4.97. The molecule has 0 fully saturated rings. The zero-order chi connectivity index (χ0) is 10.7. The van der Waals surface area contributed by atoms with Gasteiger partial charge in [-0.3, -0.25) is 4.90 Å². The van der Waals surface area contributed by atoms with Crippen LogP contribution in [0, 0.1) is 0 Å². The van der Waals surface area contributed by atoms with Crippen molar-refractivity contribution in [1.82, 2.24) is 4.90 Å². The summed E-state index contributed by atoms with van der Waals surface area (Å²) in [4.78, 5) is 1.81. The van der Waals surface area contributed by atoms with Gasteiger partial charge in [-0.2, -0.15) is 0 Å². The molecule has 1 aromatic carbocycles. The van der Waals surface area contributed by atoms with Crippen LogP contribution in [0.1, 0.15) is 5.56 Å². The van der Waals surface area contributed by atoms with Crippen LogP contribution in [0.4, 0.5) is 0 Å². The maximum atomic E-state index is 8.90. The van der Waals surface area contributed by atoms with Crippen LogP contribution in [-0.2, 0) is 6.54 Å². The normalized spacial score (nSPS) is 14.3. The fraction of sp³-hybridized carbons (Fsp3) is 0.455. The number of nitrogens with zero attached hydrogens (tertiary/aromatic N) is 1. The summed E-state index contributed by atoms with van der Waals surface area (Å²) in [5.41, 5.74) is 1.11. The zero-order valence-electron chi connectivity index (χ0n) is 8.77. The Morgan fingerprint density at radius 3 is 2.73 bits per heavy atom. The Balaban J connectivity index is 2.13. The molecule has 4 heteroatoms. The SMILES string of the molecule is CN(CO)Cc1ccc2c(c1)OCCO2. The molecule has 2 rings (SSSR count). The van der Waals surface area contributed by atoms with Gasteiger partial charge in [0.2, 0.25) is 0 Å². The van der Waals surface area contributed by atoms with Gasteiger partial charge in [0.1, 0.15) is 13.2 Å². The summed E-state index contributed by atoms with van der Waals surface area (Å²) >= 11 is 0. The molecule has 0 spiro atoms. The summed E-state index contributed by atoms with van der Waals surface area (Å²) in [6.07, 6.45) is 0. The van der Waals surface area contributed by atoms with Gasteiger partial charge >= 0.3 is 0 Å². The molecule has 82 valence electrons. The predicted octanol–water partition coefficient (Wildman–Crippen LogP) is 0.839. The highest BCUT2D eigenvalue weighted by molar-refractivity contribution is 5.43. The minimum atomic E-state index is 0.0500. The van der Waals surface area contributed by atoms with E-state index in [1.54, 1.807) is 0 Å². The van der Waals surface area contributed by atoms with Gasteiger partial charge < -0.3 is 14.6 Å². The standard InChI is InChI=1S/C11H15NO3/c1-12(8-13)7-9-2-3-10-11(6-9)15-5-4-14-10/h2-3,6,13H,4-5,7-8H2,1H3. The van der Waals surface area contributed by atoms with E-state index in [0.717, 1.165) is 17.1 Å². The smallest absolute Gasteiger partial charge is 0.161 e. The molecule has 0 radical (unpaired) electrons. The third-order valence-electron chi connectivity index (χ3n) is 2.30. The van der Waals surface area contributed by atoms with Crippen molar-refractivity contribution in [3.63, 3.8) is 0 Å². The van der Waals surface area contributed by atoms with Crippen molar-refractivity contribution in [1.29, 1.82) is 0 Å². The number of benzene rings is 1. The van der Waals surface area contributed by atoms with Crippen LogP contribution in [0.5, 0.6) is 11.5 Å². The van der Waals surface area contributed by atoms with Gasteiger partial charge in [0.15, 0.2) is 11.5 Å². The first kappa shape index (κ1) is 10.3. The summed E-state index contributed by atoms with van der Waals surface area (Å²) in [5.74, 6) is 1.60. The van der Waals surface area contributed by atoms with Crippen LogP contribution in [0.15, 0.2) is 18.2 Å². The van der Waals surface area contributed by atoms with Crippen LogP contribution >= 0.6 is 0 Å². The summed E-state index contributed by atoms with van der Waals surface area (Å²) in [5, 5.41) is 8.90.